The van der Waals surface area contributed by atoms with Gasteiger partial charge in [0, 0.05) is 24.5 Å². The highest BCUT2D eigenvalue weighted by Crippen LogP contribution is 2.34. The Hall–Kier alpha value is -3.12. The molecule has 0 aliphatic carbocycles. The topological polar surface area (TPSA) is 59.4 Å². The van der Waals surface area contributed by atoms with Gasteiger partial charge in [0.25, 0.3) is 10.0 Å². The van der Waals surface area contributed by atoms with Gasteiger partial charge in [-0.25, -0.2) is 8.42 Å². The van der Waals surface area contributed by atoms with E-state index in [1.54, 1.807) is 24.3 Å². The molecule has 4 rings (SSSR count). The Morgan fingerprint density at radius 2 is 1.63 bits per heavy atom. The van der Waals surface area contributed by atoms with E-state index in [9.17, 15) is 13.2 Å². The zero-order chi connectivity index (χ0) is 19.0. The molecular formula is C21H18N2O3S. The lowest BCUT2D eigenvalue weighted by Crippen LogP contribution is -2.38. The number of ketones is 1. The van der Waals surface area contributed by atoms with Crippen molar-refractivity contribution in [1.29, 1.82) is 0 Å². The van der Waals surface area contributed by atoms with Crippen LogP contribution in [0.1, 0.15) is 21.6 Å². The Bertz CT molecular complexity index is 1140. The number of benzene rings is 2. The molecule has 2 aromatic carbocycles. The van der Waals surface area contributed by atoms with Gasteiger partial charge in [-0.15, -0.1) is 0 Å². The molecule has 0 atom stereocenters. The number of fused-ring (bicyclic) bond motifs is 1. The molecule has 0 saturated heterocycles. The van der Waals surface area contributed by atoms with E-state index < -0.39 is 10.0 Å². The highest BCUT2D eigenvalue weighted by atomic mass is 32.2. The van der Waals surface area contributed by atoms with Crippen LogP contribution < -0.4 is 0 Å². The highest BCUT2D eigenvalue weighted by molar-refractivity contribution is 7.89. The summed E-state index contributed by atoms with van der Waals surface area (Å²) in [7, 11) is -1.99. The van der Waals surface area contributed by atoms with Gasteiger partial charge in [0.05, 0.1) is 11.4 Å². The van der Waals surface area contributed by atoms with Crippen LogP contribution in [0, 0.1) is 0 Å². The minimum Gasteiger partial charge on any atom is -0.351 e. The summed E-state index contributed by atoms with van der Waals surface area (Å²) in [5, 5.41) is 0. The molecule has 0 fully saturated rings. The van der Waals surface area contributed by atoms with Gasteiger partial charge in [0.15, 0.2) is 0 Å². The SMILES string of the molecule is Cn1cccc1C=C1C(=O)c2ccccc2S(=O)(=O)N1Cc1ccccc1. The van der Waals surface area contributed by atoms with Crippen LogP contribution >= 0.6 is 0 Å². The third-order valence-electron chi connectivity index (χ3n) is 4.64. The van der Waals surface area contributed by atoms with E-state index in [4.69, 9.17) is 0 Å². The van der Waals surface area contributed by atoms with Gasteiger partial charge >= 0.3 is 0 Å². The van der Waals surface area contributed by atoms with Gasteiger partial charge in [-0.3, -0.25) is 9.10 Å². The predicted molar refractivity (Wildman–Crippen MR) is 103 cm³/mol. The van der Waals surface area contributed by atoms with E-state index in [1.165, 1.54) is 10.4 Å². The number of hydrogen-bond donors (Lipinski definition) is 0. The third kappa shape index (κ3) is 2.98. The third-order valence-corrected chi connectivity index (χ3v) is 6.46. The monoisotopic (exact) mass is 378 g/mol. The normalized spacial score (nSPS) is 17.1. The van der Waals surface area contributed by atoms with Gasteiger partial charge in [-0.1, -0.05) is 42.5 Å². The van der Waals surface area contributed by atoms with Gasteiger partial charge in [-0.05, 0) is 35.9 Å². The molecule has 0 spiro atoms. The number of hydrogen-bond acceptors (Lipinski definition) is 3. The summed E-state index contributed by atoms with van der Waals surface area (Å²) in [6, 6.07) is 19.3. The van der Waals surface area contributed by atoms with Gasteiger partial charge in [0.1, 0.15) is 5.70 Å². The second-order valence-corrected chi connectivity index (χ2v) is 8.23. The zero-order valence-corrected chi connectivity index (χ0v) is 15.6. The molecule has 5 nitrogen and oxygen atoms in total. The number of Topliss-reactive ketones (excluding diaryl/α,β-unsaturated/α-hetero) is 1. The number of nitrogens with zero attached hydrogens (tertiary/aromatic N) is 2. The van der Waals surface area contributed by atoms with Gasteiger partial charge in [-0.2, -0.15) is 0 Å². The molecule has 0 N–H and O–H groups in total. The molecule has 2 heterocycles. The van der Waals surface area contributed by atoms with Crippen molar-refractivity contribution in [2.75, 3.05) is 0 Å². The Morgan fingerprint density at radius 1 is 0.926 bits per heavy atom. The molecule has 0 saturated carbocycles. The molecule has 1 aliphatic heterocycles. The Kier molecular flexibility index (Phi) is 4.20. The Morgan fingerprint density at radius 3 is 2.33 bits per heavy atom. The van der Waals surface area contributed by atoms with E-state index in [0.717, 1.165) is 11.3 Å². The Labute approximate surface area is 158 Å². The van der Waals surface area contributed by atoms with Crippen molar-refractivity contribution in [3.05, 3.63) is 95.4 Å². The van der Waals surface area contributed by atoms with Crippen molar-refractivity contribution in [2.24, 2.45) is 7.05 Å². The van der Waals surface area contributed by atoms with Gasteiger partial charge < -0.3 is 4.57 Å². The van der Waals surface area contributed by atoms with Crippen LogP contribution in [0.4, 0.5) is 0 Å². The van der Waals surface area contributed by atoms with Crippen molar-refractivity contribution in [1.82, 2.24) is 8.87 Å². The molecule has 0 amide bonds. The smallest absolute Gasteiger partial charge is 0.265 e. The summed E-state index contributed by atoms with van der Waals surface area (Å²) in [4.78, 5) is 13.2. The molecular weight excluding hydrogens is 360 g/mol. The second kappa shape index (κ2) is 6.55. The maximum atomic E-state index is 13.3. The molecule has 27 heavy (non-hydrogen) atoms. The van der Waals surface area contributed by atoms with Crippen LogP contribution in [-0.2, 0) is 23.6 Å². The quantitative estimate of drug-likeness (QED) is 0.656. The minimum atomic E-state index is -3.84. The highest BCUT2D eigenvalue weighted by Gasteiger charge is 2.39. The summed E-state index contributed by atoms with van der Waals surface area (Å²) in [6.45, 7) is 0.0967. The van der Waals surface area contributed by atoms with Crippen LogP contribution in [0.25, 0.3) is 6.08 Å². The lowest BCUT2D eigenvalue weighted by Gasteiger charge is -2.31. The number of rotatable bonds is 3. The van der Waals surface area contributed by atoms with Crippen molar-refractivity contribution in [3.8, 4) is 0 Å². The number of aromatic nitrogens is 1. The molecule has 1 aromatic heterocycles. The van der Waals surface area contributed by atoms with E-state index in [-0.39, 0.29) is 28.5 Å². The van der Waals surface area contributed by atoms with Crippen molar-refractivity contribution in [3.63, 3.8) is 0 Å². The fraction of sp³-hybridized carbons (Fsp3) is 0.0952. The summed E-state index contributed by atoms with van der Waals surface area (Å²) in [6.07, 6.45) is 3.49. The van der Waals surface area contributed by atoms with Crippen molar-refractivity contribution < 1.29 is 13.2 Å². The van der Waals surface area contributed by atoms with Crippen LogP contribution in [0.15, 0.2) is 83.5 Å². The van der Waals surface area contributed by atoms with Crippen LogP contribution in [0.2, 0.25) is 0 Å². The maximum Gasteiger partial charge on any atom is 0.265 e. The van der Waals surface area contributed by atoms with Gasteiger partial charge in [0.2, 0.25) is 5.78 Å². The standard InChI is InChI=1S/C21H18N2O3S/c1-22-13-7-10-17(22)14-19-21(24)18-11-5-6-12-20(18)27(25,26)23(19)15-16-8-3-2-4-9-16/h2-14H,15H2,1H3. The van der Waals surface area contributed by atoms with Crippen molar-refractivity contribution >= 4 is 21.9 Å². The van der Waals surface area contributed by atoms with E-state index in [0.29, 0.717) is 0 Å². The largest absolute Gasteiger partial charge is 0.351 e. The molecule has 6 heteroatoms. The molecule has 3 aromatic rings. The fourth-order valence-electron chi connectivity index (χ4n) is 3.20. The van der Waals surface area contributed by atoms with Crippen LogP contribution in [0.5, 0.6) is 0 Å². The number of sulfonamides is 1. The molecule has 0 unspecified atom stereocenters. The number of carbonyl (C=O) groups is 1. The Balaban J connectivity index is 1.92. The van der Waals surface area contributed by atoms with Crippen LogP contribution in [0.3, 0.4) is 0 Å². The fourth-order valence-corrected chi connectivity index (χ4v) is 4.84. The lowest BCUT2D eigenvalue weighted by atomic mass is 10.1. The average Bonchev–Trinajstić information content (AvgIpc) is 3.08. The minimum absolute atomic E-state index is 0.0509. The van der Waals surface area contributed by atoms with E-state index in [1.807, 2.05) is 60.3 Å². The van der Waals surface area contributed by atoms with Crippen LogP contribution in [-0.4, -0.2) is 23.1 Å². The molecule has 136 valence electrons. The second-order valence-electron chi connectivity index (χ2n) is 6.40. The van der Waals surface area contributed by atoms with Crippen molar-refractivity contribution in [2.45, 2.75) is 11.4 Å². The molecule has 0 bridgehead atoms. The first-order valence-electron chi connectivity index (χ1n) is 8.52. The summed E-state index contributed by atoms with van der Waals surface area (Å²) in [5.41, 5.74) is 1.93. The average molecular weight is 378 g/mol. The first kappa shape index (κ1) is 17.3. The number of aryl methyl sites for hydroxylation is 1. The van der Waals surface area contributed by atoms with E-state index >= 15 is 0 Å². The summed E-state index contributed by atoms with van der Waals surface area (Å²) < 4.78 is 29.7. The molecule has 1 aliphatic rings. The molecule has 0 radical (unpaired) electrons. The summed E-state index contributed by atoms with van der Waals surface area (Å²) >= 11 is 0. The predicted octanol–water partition coefficient (Wildman–Crippen LogP) is 3.45. The first-order valence-corrected chi connectivity index (χ1v) is 9.96. The summed E-state index contributed by atoms with van der Waals surface area (Å²) in [5.74, 6) is -0.294. The number of allylic oxidation sites excluding steroid dienone is 1. The lowest BCUT2D eigenvalue weighted by molar-refractivity contribution is 0.100. The van der Waals surface area contributed by atoms with E-state index in [2.05, 4.69) is 0 Å². The maximum absolute atomic E-state index is 13.3. The first-order chi connectivity index (χ1) is 13.0. The zero-order valence-electron chi connectivity index (χ0n) is 14.7. The number of carbonyl (C=O) groups excluding carboxylic acids is 1.